The van der Waals surface area contributed by atoms with Gasteiger partial charge in [-0.2, -0.15) is 4.31 Å². The molecule has 3 aromatic carbocycles. The first-order valence-electron chi connectivity index (χ1n) is 12.5. The van der Waals surface area contributed by atoms with Gasteiger partial charge in [-0.3, -0.25) is 9.69 Å². The second-order valence-electron chi connectivity index (χ2n) is 9.31. The Morgan fingerprint density at radius 1 is 0.923 bits per heavy atom. The van der Waals surface area contributed by atoms with Gasteiger partial charge in [0.2, 0.25) is 15.9 Å². The van der Waals surface area contributed by atoms with E-state index < -0.39 is 33.4 Å². The maximum atomic E-state index is 14.4. The van der Waals surface area contributed by atoms with Crippen molar-refractivity contribution in [3.63, 3.8) is 0 Å². The van der Waals surface area contributed by atoms with Gasteiger partial charge in [-0.05, 0) is 41.8 Å². The highest BCUT2D eigenvalue weighted by molar-refractivity contribution is 7.89. The molecule has 0 N–H and O–H groups in total. The highest BCUT2D eigenvalue weighted by atomic mass is 32.2. The summed E-state index contributed by atoms with van der Waals surface area (Å²) in [5.41, 5.74) is 1.22. The summed E-state index contributed by atoms with van der Waals surface area (Å²) < 4.78 is 77.1. The zero-order valence-corrected chi connectivity index (χ0v) is 22.6. The largest absolute Gasteiger partial charge is 0.495 e. The van der Waals surface area contributed by atoms with E-state index in [1.54, 1.807) is 0 Å². The van der Waals surface area contributed by atoms with Crippen molar-refractivity contribution >= 4 is 21.6 Å². The molecule has 0 aromatic heterocycles. The molecule has 0 spiro atoms. The first-order chi connectivity index (χ1) is 18.6. The lowest BCUT2D eigenvalue weighted by molar-refractivity contribution is -0.116. The number of benzene rings is 3. The third kappa shape index (κ3) is 6.60. The van der Waals surface area contributed by atoms with Crippen LogP contribution >= 0.6 is 0 Å². The molecular formula is C28H30F3N3O4S. The van der Waals surface area contributed by atoms with E-state index in [4.69, 9.17) is 4.74 Å². The molecule has 3 aromatic rings. The number of nitrogens with zero attached hydrogens (tertiary/aromatic N) is 3. The van der Waals surface area contributed by atoms with Crippen molar-refractivity contribution < 1.29 is 31.1 Å². The van der Waals surface area contributed by atoms with Crippen molar-refractivity contribution in [1.29, 1.82) is 0 Å². The molecule has 0 atom stereocenters. The highest BCUT2D eigenvalue weighted by Crippen LogP contribution is 2.32. The number of ether oxygens (including phenoxy) is 1. The number of fused-ring (bicyclic) bond motifs is 1. The van der Waals surface area contributed by atoms with Crippen molar-refractivity contribution in [1.82, 2.24) is 9.21 Å². The summed E-state index contributed by atoms with van der Waals surface area (Å²) in [6.07, 6.45) is 0.509. The number of rotatable bonds is 5. The van der Waals surface area contributed by atoms with Gasteiger partial charge in [-0.15, -0.1) is 0 Å². The lowest BCUT2D eigenvalue weighted by Crippen LogP contribution is -2.38. The lowest BCUT2D eigenvalue weighted by atomic mass is 10.1. The molecule has 208 valence electrons. The molecule has 11 heteroatoms. The Morgan fingerprint density at radius 2 is 1.64 bits per heavy atom. The summed E-state index contributed by atoms with van der Waals surface area (Å²) in [6.45, 7) is 2.46. The van der Waals surface area contributed by atoms with Crippen LogP contribution in [0.15, 0.2) is 65.6 Å². The summed E-state index contributed by atoms with van der Waals surface area (Å²) >= 11 is 0. The summed E-state index contributed by atoms with van der Waals surface area (Å²) in [7, 11) is -3.11. The van der Waals surface area contributed by atoms with Crippen molar-refractivity contribution in [3.05, 3.63) is 89.2 Å². The highest BCUT2D eigenvalue weighted by Gasteiger charge is 2.31. The normalized spacial score (nSPS) is 15.9. The van der Waals surface area contributed by atoms with Crippen molar-refractivity contribution in [2.45, 2.75) is 31.3 Å². The number of methoxy groups -OCH3 is 1. The molecular weight excluding hydrogens is 531 g/mol. The monoisotopic (exact) mass is 561 g/mol. The molecule has 0 bridgehead atoms. The first-order valence-corrected chi connectivity index (χ1v) is 13.9. The van der Waals surface area contributed by atoms with E-state index in [2.05, 4.69) is 4.90 Å². The SMILES string of the molecule is COc1ccc(F)cc1S(=O)(=O)N1CCN(Cc2ccccc2)CCCN(C(C)=O)c2cc(F)c(F)cc2C1. The molecule has 39 heavy (non-hydrogen) atoms. The standard InChI is InChI=1S/C28H30F3N3O4S/c1-20(35)34-12-6-11-32(18-21-7-4-3-5-8-21)13-14-33(19-22-15-24(30)25(31)17-26(22)34)39(36,37)28-16-23(29)9-10-27(28)38-2/h3-5,7-10,15-17H,6,11-14,18-19H2,1-2H3. The van der Waals surface area contributed by atoms with Crippen LogP contribution in [0.3, 0.4) is 0 Å². The molecule has 0 saturated heterocycles. The Bertz CT molecular complexity index is 1440. The van der Waals surface area contributed by atoms with E-state index in [0.717, 1.165) is 34.1 Å². The first kappa shape index (κ1) is 28.6. The number of hydrogen-bond donors (Lipinski definition) is 0. The van der Waals surface area contributed by atoms with Gasteiger partial charge in [0.25, 0.3) is 0 Å². The molecule has 4 rings (SSSR count). The van der Waals surface area contributed by atoms with Crippen molar-refractivity contribution in [3.8, 4) is 5.75 Å². The molecule has 0 fully saturated rings. The fraction of sp³-hybridized carbons (Fsp3) is 0.321. The van der Waals surface area contributed by atoms with Gasteiger partial charge in [0.1, 0.15) is 16.5 Å². The summed E-state index contributed by atoms with van der Waals surface area (Å²) in [5.74, 6) is -3.53. The van der Waals surface area contributed by atoms with Crippen molar-refractivity contribution in [2.75, 3.05) is 38.2 Å². The van der Waals surface area contributed by atoms with Crippen LogP contribution in [0.5, 0.6) is 5.75 Å². The van der Waals surface area contributed by atoms with Gasteiger partial charge in [0.05, 0.1) is 12.8 Å². The predicted octanol–water partition coefficient (Wildman–Crippen LogP) is 4.56. The van der Waals surface area contributed by atoms with Crippen LogP contribution in [-0.4, -0.2) is 56.8 Å². The van der Waals surface area contributed by atoms with Crippen LogP contribution in [0.4, 0.5) is 18.9 Å². The lowest BCUT2D eigenvalue weighted by Gasteiger charge is -2.28. The molecule has 1 amide bonds. The molecule has 1 heterocycles. The number of sulfonamides is 1. The van der Waals surface area contributed by atoms with Gasteiger partial charge in [0, 0.05) is 52.3 Å². The molecule has 0 radical (unpaired) electrons. The fourth-order valence-corrected chi connectivity index (χ4v) is 6.26. The van der Waals surface area contributed by atoms with Crippen LogP contribution in [0.2, 0.25) is 0 Å². The Morgan fingerprint density at radius 3 is 2.33 bits per heavy atom. The van der Waals surface area contributed by atoms with E-state index in [1.807, 2.05) is 30.3 Å². The minimum atomic E-state index is -4.38. The van der Waals surface area contributed by atoms with Crippen LogP contribution in [0.1, 0.15) is 24.5 Å². The molecule has 1 aliphatic heterocycles. The topological polar surface area (TPSA) is 70.2 Å². The maximum Gasteiger partial charge on any atom is 0.247 e. The van der Waals surface area contributed by atoms with Crippen LogP contribution in [-0.2, 0) is 27.9 Å². The van der Waals surface area contributed by atoms with Gasteiger partial charge in [-0.1, -0.05) is 30.3 Å². The van der Waals surface area contributed by atoms with Crippen LogP contribution in [0, 0.1) is 17.5 Å². The molecule has 0 unspecified atom stereocenters. The average Bonchev–Trinajstić information content (AvgIpc) is 2.93. The summed E-state index contributed by atoms with van der Waals surface area (Å²) in [6, 6.07) is 14.6. The summed E-state index contributed by atoms with van der Waals surface area (Å²) in [5, 5.41) is 0. The Hall–Kier alpha value is -3.41. The second kappa shape index (κ2) is 12.2. The second-order valence-corrected chi connectivity index (χ2v) is 11.2. The number of carbonyl (C=O) groups excluding carboxylic acids is 1. The van der Waals surface area contributed by atoms with Gasteiger partial charge >= 0.3 is 0 Å². The van der Waals surface area contributed by atoms with Gasteiger partial charge in [-0.25, -0.2) is 21.6 Å². The van der Waals surface area contributed by atoms with E-state index >= 15 is 0 Å². The average molecular weight is 562 g/mol. The van der Waals surface area contributed by atoms with E-state index in [9.17, 15) is 26.4 Å². The third-order valence-corrected chi connectivity index (χ3v) is 8.52. The van der Waals surface area contributed by atoms with E-state index in [1.165, 1.54) is 25.0 Å². The molecule has 0 aliphatic carbocycles. The minimum absolute atomic E-state index is 0.0344. The van der Waals surface area contributed by atoms with Gasteiger partial charge < -0.3 is 9.64 Å². The summed E-state index contributed by atoms with van der Waals surface area (Å²) in [4.78, 5) is 15.6. The molecule has 0 saturated carbocycles. The number of halogens is 3. The predicted molar refractivity (Wildman–Crippen MR) is 141 cm³/mol. The number of hydrogen-bond acceptors (Lipinski definition) is 5. The Kier molecular flexibility index (Phi) is 8.94. The van der Waals surface area contributed by atoms with E-state index in [-0.39, 0.29) is 41.5 Å². The fourth-order valence-electron chi connectivity index (χ4n) is 4.69. The Labute approximate surface area is 226 Å². The Balaban J connectivity index is 1.81. The third-order valence-electron chi connectivity index (χ3n) is 6.65. The molecule has 7 nitrogen and oxygen atoms in total. The van der Waals surface area contributed by atoms with Crippen molar-refractivity contribution in [2.24, 2.45) is 0 Å². The maximum absolute atomic E-state index is 14.4. The zero-order chi connectivity index (χ0) is 28.2. The molecule has 1 aliphatic rings. The van der Waals surface area contributed by atoms with Crippen LogP contribution in [0.25, 0.3) is 0 Å². The number of amides is 1. The smallest absolute Gasteiger partial charge is 0.247 e. The number of anilines is 1. The number of carbonyl (C=O) groups is 1. The quantitative estimate of drug-likeness (QED) is 0.457. The van der Waals surface area contributed by atoms with E-state index in [0.29, 0.717) is 26.1 Å². The zero-order valence-electron chi connectivity index (χ0n) is 21.7. The van der Waals surface area contributed by atoms with Gasteiger partial charge in [0.15, 0.2) is 11.6 Å². The van der Waals surface area contributed by atoms with Crippen LogP contribution < -0.4 is 9.64 Å². The minimum Gasteiger partial charge on any atom is -0.495 e.